The van der Waals surface area contributed by atoms with E-state index in [9.17, 15) is 9.60 Å². The first-order valence-electron chi connectivity index (χ1n) is 12.4. The normalized spacial score (nSPS) is 19.3. The number of piperazine rings is 1. The molecule has 0 saturated carbocycles. The number of ether oxygens (including phenoxy) is 1. The second-order valence-electron chi connectivity index (χ2n) is 10.00. The molecular weight excluding hydrogens is 461 g/mol. The van der Waals surface area contributed by atoms with Gasteiger partial charge in [-0.1, -0.05) is 0 Å². The fourth-order valence-electron chi connectivity index (χ4n) is 5.51. The van der Waals surface area contributed by atoms with Crippen LogP contribution < -0.4 is 9.64 Å². The lowest BCUT2D eigenvalue weighted by Gasteiger charge is -2.48. The Morgan fingerprint density at radius 2 is 1.83 bits per heavy atom. The zero-order valence-corrected chi connectivity index (χ0v) is 20.6. The molecule has 3 aromatic heterocycles. The van der Waals surface area contributed by atoms with Gasteiger partial charge in [0.05, 0.1) is 57.0 Å². The molecule has 6 rings (SSSR count). The highest BCUT2D eigenvalue weighted by atomic mass is 19.1. The third-order valence-corrected chi connectivity index (χ3v) is 7.71. The van der Waals surface area contributed by atoms with Gasteiger partial charge >= 0.3 is 0 Å². The third kappa shape index (κ3) is 4.15. The van der Waals surface area contributed by atoms with Crippen LogP contribution in [0.5, 0.6) is 5.75 Å². The number of hydroxylamine groups is 3. The summed E-state index contributed by atoms with van der Waals surface area (Å²) < 4.78 is 21.1. The predicted octanol–water partition coefficient (Wildman–Crippen LogP) is 3.32. The molecule has 0 spiro atoms. The predicted molar refractivity (Wildman–Crippen MR) is 136 cm³/mol. The molecule has 4 aromatic rings. The van der Waals surface area contributed by atoms with Crippen LogP contribution in [0, 0.1) is 11.0 Å². The lowest BCUT2D eigenvalue weighted by molar-refractivity contribution is -0.865. The molecule has 0 atom stereocenters. The lowest BCUT2D eigenvalue weighted by atomic mass is 10.0. The van der Waals surface area contributed by atoms with Crippen molar-refractivity contribution in [1.29, 1.82) is 0 Å². The summed E-state index contributed by atoms with van der Waals surface area (Å²) in [5.74, 6) is -0.262. The number of halogens is 1. The van der Waals surface area contributed by atoms with Gasteiger partial charge < -0.3 is 19.5 Å². The molecule has 0 unspecified atom stereocenters. The molecule has 0 amide bonds. The molecule has 2 aliphatic heterocycles. The lowest BCUT2D eigenvalue weighted by Crippen LogP contribution is -2.57. The number of hydrogen-bond donors (Lipinski definition) is 0. The number of piperidine rings is 1. The number of pyridine rings is 1. The van der Waals surface area contributed by atoms with E-state index < -0.39 is 5.82 Å². The molecule has 0 N–H and O–H groups in total. The molecule has 0 radical (unpaired) electrons. The van der Waals surface area contributed by atoms with Gasteiger partial charge in [0, 0.05) is 55.4 Å². The Morgan fingerprint density at radius 1 is 1.06 bits per heavy atom. The van der Waals surface area contributed by atoms with Gasteiger partial charge in [0.2, 0.25) is 0 Å². The first-order chi connectivity index (χ1) is 17.4. The van der Waals surface area contributed by atoms with Crippen molar-refractivity contribution in [3.05, 3.63) is 54.0 Å². The minimum absolute atomic E-state index is 0.118. The Morgan fingerprint density at radius 3 is 2.58 bits per heavy atom. The van der Waals surface area contributed by atoms with Crippen molar-refractivity contribution in [2.75, 3.05) is 58.3 Å². The summed E-state index contributed by atoms with van der Waals surface area (Å²) in [6.07, 6.45) is 9.55. The number of aromatic nitrogens is 4. The van der Waals surface area contributed by atoms with Crippen molar-refractivity contribution >= 4 is 22.2 Å². The average molecular weight is 492 g/mol. The van der Waals surface area contributed by atoms with E-state index >= 15 is 0 Å². The van der Waals surface area contributed by atoms with Crippen LogP contribution in [0.15, 0.2) is 43.0 Å². The molecule has 188 valence electrons. The number of nitrogens with zero attached hydrogens (tertiary/aromatic N) is 7. The van der Waals surface area contributed by atoms with E-state index in [1.54, 1.807) is 30.0 Å². The molecule has 1 aromatic carbocycles. The second-order valence-corrected chi connectivity index (χ2v) is 10.00. The average Bonchev–Trinajstić information content (AvgIpc) is 3.31. The summed E-state index contributed by atoms with van der Waals surface area (Å²) in [7, 11) is 3.23. The first kappa shape index (κ1) is 23.1. The maximum Gasteiger partial charge on any atom is 0.167 e. The van der Waals surface area contributed by atoms with Crippen molar-refractivity contribution in [2.45, 2.75) is 18.9 Å². The molecular formula is C26H30FN7O2. The van der Waals surface area contributed by atoms with Gasteiger partial charge in [-0.2, -0.15) is 5.10 Å². The summed E-state index contributed by atoms with van der Waals surface area (Å²) in [6, 6.07) is 5.50. The van der Waals surface area contributed by atoms with Crippen LogP contribution in [0.4, 0.5) is 10.1 Å². The summed E-state index contributed by atoms with van der Waals surface area (Å²) in [6.45, 7) is 5.03. The number of likely N-dealkylation sites (N-methyl/N-ethyl adjacent to an activating group) is 1. The van der Waals surface area contributed by atoms with Crippen molar-refractivity contribution in [3.63, 3.8) is 0 Å². The molecule has 5 heterocycles. The zero-order chi connectivity index (χ0) is 24.9. The highest BCUT2D eigenvalue weighted by Gasteiger charge is 2.30. The highest BCUT2D eigenvalue weighted by Crippen LogP contribution is 2.34. The largest absolute Gasteiger partial charge is 0.633 e. The summed E-state index contributed by atoms with van der Waals surface area (Å²) in [4.78, 5) is 13.9. The molecule has 2 fully saturated rings. The van der Waals surface area contributed by atoms with Crippen LogP contribution in [-0.2, 0) is 0 Å². The Balaban J connectivity index is 1.22. The fraction of sp³-hybridized carbons (Fsp3) is 0.423. The van der Waals surface area contributed by atoms with Crippen LogP contribution in [0.2, 0.25) is 0 Å². The molecule has 0 bridgehead atoms. The Labute approximate surface area is 208 Å². The molecule has 36 heavy (non-hydrogen) atoms. The van der Waals surface area contributed by atoms with Gasteiger partial charge in [0.1, 0.15) is 0 Å². The molecule has 9 nitrogen and oxygen atoms in total. The zero-order valence-electron chi connectivity index (χ0n) is 20.6. The van der Waals surface area contributed by atoms with Gasteiger partial charge in [0.25, 0.3) is 0 Å². The van der Waals surface area contributed by atoms with Crippen molar-refractivity contribution < 1.29 is 13.8 Å². The number of quaternary nitrogens is 1. The van der Waals surface area contributed by atoms with Crippen LogP contribution in [0.1, 0.15) is 12.8 Å². The molecule has 10 heteroatoms. The van der Waals surface area contributed by atoms with E-state index in [1.165, 1.54) is 13.2 Å². The highest BCUT2D eigenvalue weighted by molar-refractivity contribution is 5.98. The summed E-state index contributed by atoms with van der Waals surface area (Å²) >= 11 is 0. The van der Waals surface area contributed by atoms with E-state index in [4.69, 9.17) is 9.72 Å². The minimum atomic E-state index is -0.440. The molecule has 2 aliphatic rings. The van der Waals surface area contributed by atoms with E-state index in [0.717, 1.165) is 66.9 Å². The van der Waals surface area contributed by atoms with Crippen molar-refractivity contribution in [1.82, 2.24) is 24.5 Å². The number of anilines is 1. The van der Waals surface area contributed by atoms with Gasteiger partial charge in [-0.25, -0.2) is 13.9 Å². The second kappa shape index (κ2) is 8.95. The first-order valence-corrected chi connectivity index (χ1v) is 12.4. The van der Waals surface area contributed by atoms with Crippen LogP contribution >= 0.6 is 0 Å². The monoisotopic (exact) mass is 491 g/mol. The number of methoxy groups -OCH3 is 1. The summed E-state index contributed by atoms with van der Waals surface area (Å²) in [5, 5.41) is 17.5. The summed E-state index contributed by atoms with van der Waals surface area (Å²) in [5.41, 5.74) is 4.06. The van der Waals surface area contributed by atoms with E-state index in [2.05, 4.69) is 19.9 Å². The number of hydrogen-bond acceptors (Lipinski definition) is 7. The van der Waals surface area contributed by atoms with Crippen molar-refractivity contribution in [3.8, 4) is 16.9 Å². The van der Waals surface area contributed by atoms with Crippen molar-refractivity contribution in [2.24, 2.45) is 0 Å². The quantitative estimate of drug-likeness (QED) is 0.320. The molecule has 2 saturated heterocycles. The Bertz CT molecular complexity index is 1400. The van der Waals surface area contributed by atoms with Crippen LogP contribution in [-0.4, -0.2) is 88.6 Å². The minimum Gasteiger partial charge on any atom is -0.633 e. The topological polar surface area (TPSA) is 81.9 Å². The fourth-order valence-corrected chi connectivity index (χ4v) is 5.51. The SMILES string of the molecule is COc1cc2c(-c3cnn4cc(N5CCC(N6CC[N+](C)([O-])CC6)CC5)cnc34)ccnc2cc1F. The van der Waals surface area contributed by atoms with E-state index in [-0.39, 0.29) is 10.4 Å². The Hall–Kier alpha value is -3.34. The number of benzene rings is 1. The van der Waals surface area contributed by atoms with Crippen LogP contribution in [0.3, 0.4) is 0 Å². The smallest absolute Gasteiger partial charge is 0.167 e. The van der Waals surface area contributed by atoms with Gasteiger partial charge in [-0.05, 0) is 30.5 Å². The third-order valence-electron chi connectivity index (χ3n) is 7.71. The maximum absolute atomic E-state index is 14.2. The standard InChI is InChI=1S/C26H30FN7O2/c1-34(35)11-9-32(10-12-34)18-4-7-31(8-5-18)19-15-29-26-22(16-30-33(26)17-19)20-3-6-28-24-14-23(27)25(36-2)13-21(20)24/h3,6,13-18H,4-5,7-12H2,1-2H3. The van der Waals surface area contributed by atoms with Gasteiger partial charge in [-0.15, -0.1) is 0 Å². The number of rotatable bonds is 4. The van der Waals surface area contributed by atoms with Gasteiger partial charge in [-0.3, -0.25) is 9.88 Å². The Kier molecular flexibility index (Phi) is 5.74. The van der Waals surface area contributed by atoms with Crippen LogP contribution in [0.25, 0.3) is 27.7 Å². The van der Waals surface area contributed by atoms with E-state index in [0.29, 0.717) is 24.6 Å². The number of fused-ring (bicyclic) bond motifs is 2. The molecule has 0 aliphatic carbocycles. The van der Waals surface area contributed by atoms with E-state index in [1.807, 2.05) is 18.5 Å². The van der Waals surface area contributed by atoms with Gasteiger partial charge in [0.15, 0.2) is 17.2 Å². The maximum atomic E-state index is 14.2.